The fourth-order valence-electron chi connectivity index (χ4n) is 5.25. The van der Waals surface area contributed by atoms with E-state index in [2.05, 4.69) is 88.6 Å². The number of amides is 1. The third-order valence-electron chi connectivity index (χ3n) is 7.43. The van der Waals surface area contributed by atoms with Crippen LogP contribution in [0.1, 0.15) is 34.6 Å². The predicted molar refractivity (Wildman–Crippen MR) is 152 cm³/mol. The van der Waals surface area contributed by atoms with Crippen molar-refractivity contribution in [3.05, 3.63) is 101 Å². The summed E-state index contributed by atoms with van der Waals surface area (Å²) in [6, 6.07) is 25.3. The van der Waals surface area contributed by atoms with Gasteiger partial charge < -0.3 is 19.4 Å². The second kappa shape index (κ2) is 12.3. The molecule has 0 aliphatic carbocycles. The van der Waals surface area contributed by atoms with Crippen LogP contribution in [0.2, 0.25) is 0 Å². The number of hydrogen-bond acceptors (Lipinski definition) is 4. The maximum absolute atomic E-state index is 13.2. The summed E-state index contributed by atoms with van der Waals surface area (Å²) in [6.07, 6.45) is 2.64. The first-order valence-electron chi connectivity index (χ1n) is 13.4. The molecular formula is C32H37N3O3. The molecule has 1 aromatic heterocycles. The Labute approximate surface area is 225 Å². The van der Waals surface area contributed by atoms with Gasteiger partial charge in [-0.15, -0.1) is 0 Å². The molecule has 6 heteroatoms. The van der Waals surface area contributed by atoms with Gasteiger partial charge in [0.1, 0.15) is 5.75 Å². The Hall–Kier alpha value is -3.61. The van der Waals surface area contributed by atoms with Crippen molar-refractivity contribution < 1.29 is 14.3 Å². The molecule has 1 saturated heterocycles. The van der Waals surface area contributed by atoms with E-state index in [0.29, 0.717) is 13.0 Å². The van der Waals surface area contributed by atoms with E-state index < -0.39 is 0 Å². The predicted octanol–water partition coefficient (Wildman–Crippen LogP) is 4.98. The lowest BCUT2D eigenvalue weighted by atomic mass is 9.87. The minimum atomic E-state index is -0.0407. The van der Waals surface area contributed by atoms with Gasteiger partial charge in [0, 0.05) is 62.2 Å². The van der Waals surface area contributed by atoms with Crippen LogP contribution >= 0.6 is 0 Å². The Morgan fingerprint density at radius 2 is 1.74 bits per heavy atom. The monoisotopic (exact) mass is 511 g/mol. The van der Waals surface area contributed by atoms with Gasteiger partial charge in [0.25, 0.3) is 0 Å². The van der Waals surface area contributed by atoms with Gasteiger partial charge in [-0.1, -0.05) is 60.2 Å². The molecule has 0 bridgehead atoms. The number of aromatic nitrogens is 1. The first kappa shape index (κ1) is 26.0. The van der Waals surface area contributed by atoms with E-state index >= 15 is 0 Å². The molecule has 3 aromatic carbocycles. The van der Waals surface area contributed by atoms with Crippen LogP contribution in [-0.4, -0.2) is 61.9 Å². The summed E-state index contributed by atoms with van der Waals surface area (Å²) < 4.78 is 13.1. The van der Waals surface area contributed by atoms with Crippen LogP contribution in [0.5, 0.6) is 5.75 Å². The van der Waals surface area contributed by atoms with Crippen molar-refractivity contribution in [2.45, 2.75) is 25.8 Å². The van der Waals surface area contributed by atoms with E-state index in [4.69, 9.17) is 9.47 Å². The summed E-state index contributed by atoms with van der Waals surface area (Å²) in [5.74, 6) is 0.891. The van der Waals surface area contributed by atoms with E-state index in [1.807, 2.05) is 12.1 Å². The number of fused-ring (bicyclic) bond motifs is 1. The zero-order valence-electron chi connectivity index (χ0n) is 22.4. The zero-order chi connectivity index (χ0) is 26.3. The first-order chi connectivity index (χ1) is 18.6. The number of carbonyl (C=O) groups excluding carboxylic acids is 1. The Bertz CT molecular complexity index is 1340. The van der Waals surface area contributed by atoms with Crippen molar-refractivity contribution in [1.82, 2.24) is 14.8 Å². The Morgan fingerprint density at radius 3 is 2.47 bits per heavy atom. The van der Waals surface area contributed by atoms with E-state index in [-0.39, 0.29) is 11.8 Å². The second-order valence-electron chi connectivity index (χ2n) is 10.0. The molecule has 0 spiro atoms. The molecule has 0 saturated carbocycles. The number of methoxy groups -OCH3 is 1. The highest BCUT2D eigenvalue weighted by Crippen LogP contribution is 2.35. The van der Waals surface area contributed by atoms with Crippen LogP contribution in [0.25, 0.3) is 10.9 Å². The van der Waals surface area contributed by atoms with Crippen LogP contribution in [0.15, 0.2) is 79.0 Å². The largest absolute Gasteiger partial charge is 0.497 e. The second-order valence-corrected chi connectivity index (χ2v) is 10.0. The minimum absolute atomic E-state index is 0.0407. The van der Waals surface area contributed by atoms with Gasteiger partial charge in [0.05, 0.1) is 20.3 Å². The lowest BCUT2D eigenvalue weighted by Crippen LogP contribution is -2.41. The lowest BCUT2D eigenvalue weighted by Gasteiger charge is -2.26. The lowest BCUT2D eigenvalue weighted by molar-refractivity contribution is -0.121. The number of aryl methyl sites for hydroxylation is 1. The molecule has 1 amide bonds. The van der Waals surface area contributed by atoms with Gasteiger partial charge >= 0.3 is 0 Å². The molecule has 5 rings (SSSR count). The Kier molecular flexibility index (Phi) is 8.41. The van der Waals surface area contributed by atoms with E-state index in [0.717, 1.165) is 50.7 Å². The maximum Gasteiger partial charge on any atom is 0.220 e. The zero-order valence-corrected chi connectivity index (χ0v) is 22.4. The SMILES string of the molecule is COc1ccc(Cn2cc([C@@H](CC(=O)NCCN3CCOCC3)c3ccc(C)cc3)c3ccccc32)cc1. The highest BCUT2D eigenvalue weighted by Gasteiger charge is 2.23. The third kappa shape index (κ3) is 6.26. The van der Waals surface area contributed by atoms with Crippen molar-refractivity contribution >= 4 is 16.8 Å². The normalized spacial score (nSPS) is 14.9. The summed E-state index contributed by atoms with van der Waals surface area (Å²) in [4.78, 5) is 15.6. The number of hydrogen-bond donors (Lipinski definition) is 1. The smallest absolute Gasteiger partial charge is 0.220 e. The quantitative estimate of drug-likeness (QED) is 0.326. The van der Waals surface area contributed by atoms with Crippen LogP contribution < -0.4 is 10.1 Å². The number of morpholine rings is 1. The molecule has 0 unspecified atom stereocenters. The van der Waals surface area contributed by atoms with Crippen LogP contribution in [-0.2, 0) is 16.1 Å². The standard InChI is InChI=1S/C32H37N3O3/c1-24-7-11-26(12-8-24)29(21-32(36)33-15-16-34-17-19-38-20-18-34)30-23-35(31-6-4-3-5-28(30)31)22-25-9-13-27(37-2)14-10-25/h3-14,23,29H,15-22H2,1-2H3,(H,33,36)/t29-/m0/s1. The Morgan fingerprint density at radius 1 is 1.00 bits per heavy atom. The van der Waals surface area contributed by atoms with Crippen molar-refractivity contribution in [1.29, 1.82) is 0 Å². The number of ether oxygens (including phenoxy) is 2. The van der Waals surface area contributed by atoms with Gasteiger partial charge in [-0.2, -0.15) is 0 Å². The average Bonchev–Trinajstić information content (AvgIpc) is 3.31. The molecular weight excluding hydrogens is 474 g/mol. The summed E-state index contributed by atoms with van der Waals surface area (Å²) >= 11 is 0. The molecule has 1 aliphatic rings. The topological polar surface area (TPSA) is 55.7 Å². The molecule has 198 valence electrons. The summed E-state index contributed by atoms with van der Waals surface area (Å²) in [5, 5.41) is 4.36. The fourth-order valence-corrected chi connectivity index (χ4v) is 5.25. The van der Waals surface area contributed by atoms with Crippen molar-refractivity contribution in [2.75, 3.05) is 46.5 Å². The van der Waals surface area contributed by atoms with Crippen molar-refractivity contribution in [3.63, 3.8) is 0 Å². The molecule has 1 fully saturated rings. The number of nitrogens with zero attached hydrogens (tertiary/aromatic N) is 2. The molecule has 0 radical (unpaired) electrons. The minimum Gasteiger partial charge on any atom is -0.497 e. The van der Waals surface area contributed by atoms with Crippen LogP contribution in [0.3, 0.4) is 0 Å². The average molecular weight is 512 g/mol. The van der Waals surface area contributed by atoms with Gasteiger partial charge in [0.2, 0.25) is 5.91 Å². The van der Waals surface area contributed by atoms with Gasteiger partial charge in [0.15, 0.2) is 0 Å². The molecule has 38 heavy (non-hydrogen) atoms. The van der Waals surface area contributed by atoms with E-state index in [1.54, 1.807) is 7.11 Å². The molecule has 1 atom stereocenters. The fraction of sp³-hybridized carbons (Fsp3) is 0.344. The molecule has 1 N–H and O–H groups in total. The number of carbonyl (C=O) groups is 1. The van der Waals surface area contributed by atoms with Gasteiger partial charge in [-0.05, 0) is 41.8 Å². The number of para-hydroxylation sites is 1. The summed E-state index contributed by atoms with van der Waals surface area (Å²) in [7, 11) is 1.69. The van der Waals surface area contributed by atoms with E-state index in [9.17, 15) is 4.79 Å². The Balaban J connectivity index is 1.40. The maximum atomic E-state index is 13.2. The van der Waals surface area contributed by atoms with Crippen LogP contribution in [0.4, 0.5) is 0 Å². The van der Waals surface area contributed by atoms with E-state index in [1.165, 1.54) is 27.6 Å². The van der Waals surface area contributed by atoms with Gasteiger partial charge in [-0.25, -0.2) is 0 Å². The van der Waals surface area contributed by atoms with Crippen LogP contribution in [0, 0.1) is 6.92 Å². The molecule has 2 heterocycles. The molecule has 6 nitrogen and oxygen atoms in total. The number of benzene rings is 3. The van der Waals surface area contributed by atoms with Crippen molar-refractivity contribution in [2.24, 2.45) is 0 Å². The highest BCUT2D eigenvalue weighted by atomic mass is 16.5. The summed E-state index contributed by atoms with van der Waals surface area (Å²) in [6.45, 7) is 7.73. The number of rotatable bonds is 10. The molecule has 4 aromatic rings. The highest BCUT2D eigenvalue weighted by molar-refractivity contribution is 5.86. The van der Waals surface area contributed by atoms with Crippen molar-refractivity contribution in [3.8, 4) is 5.75 Å². The van der Waals surface area contributed by atoms with Gasteiger partial charge in [-0.3, -0.25) is 9.69 Å². The first-order valence-corrected chi connectivity index (χ1v) is 13.4. The molecule has 1 aliphatic heterocycles. The number of nitrogens with one attached hydrogen (secondary N) is 1. The summed E-state index contributed by atoms with van der Waals surface area (Å²) in [5.41, 5.74) is 5.92. The third-order valence-corrected chi connectivity index (χ3v) is 7.43.